The van der Waals surface area contributed by atoms with Crippen molar-refractivity contribution in [3.8, 4) is 11.5 Å². The highest BCUT2D eigenvalue weighted by molar-refractivity contribution is 9.10. The van der Waals surface area contributed by atoms with Crippen LogP contribution in [-0.2, 0) is 4.79 Å². The van der Waals surface area contributed by atoms with Crippen LogP contribution in [0.3, 0.4) is 0 Å². The SMILES string of the molecule is O=C(N/N=C\c1cc(Br)c2c(c1)OCO2)C1CCCCC1. The number of rotatable bonds is 3. The number of carbonyl (C=O) groups is 1. The van der Waals surface area contributed by atoms with Crippen LogP contribution in [0.4, 0.5) is 0 Å². The maximum atomic E-state index is 12.0. The molecule has 1 saturated carbocycles. The third kappa shape index (κ3) is 3.37. The van der Waals surface area contributed by atoms with Gasteiger partial charge in [-0.15, -0.1) is 0 Å². The summed E-state index contributed by atoms with van der Waals surface area (Å²) in [4.78, 5) is 12.0. The van der Waals surface area contributed by atoms with E-state index in [2.05, 4.69) is 26.5 Å². The first-order valence-corrected chi connectivity index (χ1v) is 7.95. The van der Waals surface area contributed by atoms with Crippen molar-refractivity contribution in [3.05, 3.63) is 22.2 Å². The van der Waals surface area contributed by atoms with E-state index >= 15 is 0 Å². The second-order valence-electron chi connectivity index (χ2n) is 5.31. The molecule has 1 fully saturated rings. The summed E-state index contributed by atoms with van der Waals surface area (Å²) >= 11 is 3.43. The molecule has 0 bridgehead atoms. The van der Waals surface area contributed by atoms with Gasteiger partial charge in [-0.05, 0) is 46.5 Å². The first-order valence-electron chi connectivity index (χ1n) is 7.16. The van der Waals surface area contributed by atoms with Crippen LogP contribution in [0, 0.1) is 5.92 Å². The summed E-state index contributed by atoms with van der Waals surface area (Å²) < 4.78 is 11.5. The molecule has 0 aromatic heterocycles. The van der Waals surface area contributed by atoms with E-state index in [0.29, 0.717) is 11.5 Å². The van der Waals surface area contributed by atoms with E-state index in [-0.39, 0.29) is 18.6 Å². The van der Waals surface area contributed by atoms with Gasteiger partial charge in [-0.25, -0.2) is 5.43 Å². The van der Waals surface area contributed by atoms with Crippen LogP contribution in [0.15, 0.2) is 21.7 Å². The molecule has 0 saturated heterocycles. The molecule has 21 heavy (non-hydrogen) atoms. The van der Waals surface area contributed by atoms with E-state index in [1.165, 1.54) is 6.42 Å². The molecule has 1 heterocycles. The van der Waals surface area contributed by atoms with E-state index in [4.69, 9.17) is 9.47 Å². The van der Waals surface area contributed by atoms with Crippen molar-refractivity contribution in [1.29, 1.82) is 0 Å². The van der Waals surface area contributed by atoms with Crippen molar-refractivity contribution in [3.63, 3.8) is 0 Å². The van der Waals surface area contributed by atoms with Crippen molar-refractivity contribution >= 4 is 28.1 Å². The molecular weight excluding hydrogens is 336 g/mol. The highest BCUT2D eigenvalue weighted by Crippen LogP contribution is 2.39. The lowest BCUT2D eigenvalue weighted by Gasteiger charge is -2.19. The summed E-state index contributed by atoms with van der Waals surface area (Å²) in [5, 5.41) is 4.04. The Bertz CT molecular complexity index is 568. The summed E-state index contributed by atoms with van der Waals surface area (Å²) in [6.45, 7) is 0.229. The van der Waals surface area contributed by atoms with E-state index in [1.807, 2.05) is 12.1 Å². The predicted molar refractivity (Wildman–Crippen MR) is 82.6 cm³/mol. The van der Waals surface area contributed by atoms with Crippen LogP contribution in [-0.4, -0.2) is 18.9 Å². The van der Waals surface area contributed by atoms with Crippen molar-refractivity contribution in [2.45, 2.75) is 32.1 Å². The Morgan fingerprint density at radius 3 is 2.90 bits per heavy atom. The van der Waals surface area contributed by atoms with E-state index in [0.717, 1.165) is 35.7 Å². The summed E-state index contributed by atoms with van der Waals surface area (Å²) in [6, 6.07) is 3.72. The number of ether oxygens (including phenoxy) is 2. The number of nitrogens with one attached hydrogen (secondary N) is 1. The molecule has 1 aromatic carbocycles. The lowest BCUT2D eigenvalue weighted by Crippen LogP contribution is -2.28. The van der Waals surface area contributed by atoms with Crippen molar-refractivity contribution in [2.75, 3.05) is 6.79 Å². The van der Waals surface area contributed by atoms with Crippen molar-refractivity contribution in [1.82, 2.24) is 5.43 Å². The maximum absolute atomic E-state index is 12.0. The Morgan fingerprint density at radius 2 is 2.10 bits per heavy atom. The highest BCUT2D eigenvalue weighted by atomic mass is 79.9. The number of carbonyl (C=O) groups excluding carboxylic acids is 1. The molecule has 1 N–H and O–H groups in total. The zero-order valence-corrected chi connectivity index (χ0v) is 13.2. The summed E-state index contributed by atoms with van der Waals surface area (Å²) in [6.07, 6.45) is 7.06. The fraction of sp³-hybridized carbons (Fsp3) is 0.467. The van der Waals surface area contributed by atoms with Gasteiger partial charge in [0.2, 0.25) is 12.7 Å². The summed E-state index contributed by atoms with van der Waals surface area (Å²) in [5.41, 5.74) is 3.47. The normalized spacial score (nSPS) is 18.1. The minimum atomic E-state index is 0.0192. The minimum Gasteiger partial charge on any atom is -0.454 e. The Hall–Kier alpha value is -1.56. The van der Waals surface area contributed by atoms with Crippen LogP contribution < -0.4 is 14.9 Å². The second-order valence-corrected chi connectivity index (χ2v) is 6.16. The van der Waals surface area contributed by atoms with Gasteiger partial charge in [0.25, 0.3) is 0 Å². The van der Waals surface area contributed by atoms with E-state index in [9.17, 15) is 4.79 Å². The maximum Gasteiger partial charge on any atom is 0.243 e. The third-order valence-electron chi connectivity index (χ3n) is 3.81. The molecule has 0 radical (unpaired) electrons. The number of halogens is 1. The van der Waals surface area contributed by atoms with Gasteiger partial charge < -0.3 is 9.47 Å². The molecule has 3 rings (SSSR count). The average molecular weight is 353 g/mol. The standard InChI is InChI=1S/C15H17BrN2O3/c16-12-6-10(7-13-14(12)21-9-20-13)8-17-18-15(19)11-4-2-1-3-5-11/h6-8,11H,1-5,9H2,(H,18,19)/b17-8-. The topological polar surface area (TPSA) is 59.9 Å². The number of hydrogen-bond acceptors (Lipinski definition) is 4. The van der Waals surface area contributed by atoms with Gasteiger partial charge in [-0.2, -0.15) is 5.10 Å². The van der Waals surface area contributed by atoms with Gasteiger partial charge in [0.15, 0.2) is 11.5 Å². The molecule has 0 atom stereocenters. The summed E-state index contributed by atoms with van der Waals surface area (Å²) in [7, 11) is 0. The molecule has 1 aliphatic carbocycles. The van der Waals surface area contributed by atoms with E-state index < -0.39 is 0 Å². The first kappa shape index (κ1) is 14.4. The molecule has 1 aromatic rings. The molecule has 0 spiro atoms. The number of fused-ring (bicyclic) bond motifs is 1. The Kier molecular flexibility index (Phi) is 4.43. The fourth-order valence-electron chi connectivity index (χ4n) is 2.69. The Labute approximate surface area is 131 Å². The number of hydrazone groups is 1. The van der Waals surface area contributed by atoms with Gasteiger partial charge in [-0.3, -0.25) is 4.79 Å². The molecule has 1 amide bonds. The van der Waals surface area contributed by atoms with Crippen molar-refractivity contribution < 1.29 is 14.3 Å². The zero-order chi connectivity index (χ0) is 14.7. The second kappa shape index (κ2) is 6.47. The smallest absolute Gasteiger partial charge is 0.243 e. The molecule has 0 unspecified atom stereocenters. The summed E-state index contributed by atoms with van der Waals surface area (Å²) in [5.74, 6) is 1.52. The highest BCUT2D eigenvalue weighted by Gasteiger charge is 2.20. The molecule has 6 heteroatoms. The molecule has 5 nitrogen and oxygen atoms in total. The van der Waals surface area contributed by atoms with Crippen LogP contribution in [0.25, 0.3) is 0 Å². The van der Waals surface area contributed by atoms with Gasteiger partial charge >= 0.3 is 0 Å². The van der Waals surface area contributed by atoms with Crippen LogP contribution in [0.5, 0.6) is 11.5 Å². The van der Waals surface area contributed by atoms with Gasteiger partial charge in [0, 0.05) is 5.92 Å². The number of hydrogen-bond donors (Lipinski definition) is 1. The molecule has 112 valence electrons. The van der Waals surface area contributed by atoms with Crippen LogP contribution in [0.1, 0.15) is 37.7 Å². The first-order chi connectivity index (χ1) is 10.2. The third-order valence-corrected chi connectivity index (χ3v) is 4.40. The van der Waals surface area contributed by atoms with Crippen LogP contribution in [0.2, 0.25) is 0 Å². The number of nitrogens with zero attached hydrogens (tertiary/aromatic N) is 1. The zero-order valence-electron chi connectivity index (χ0n) is 11.6. The van der Waals surface area contributed by atoms with Gasteiger partial charge in [0.05, 0.1) is 10.7 Å². The molecular formula is C15H17BrN2O3. The van der Waals surface area contributed by atoms with Crippen LogP contribution >= 0.6 is 15.9 Å². The minimum absolute atomic E-state index is 0.0192. The monoisotopic (exact) mass is 352 g/mol. The largest absolute Gasteiger partial charge is 0.454 e. The lowest BCUT2D eigenvalue weighted by atomic mass is 9.89. The average Bonchev–Trinajstić information content (AvgIpc) is 2.97. The fourth-order valence-corrected chi connectivity index (χ4v) is 3.26. The number of benzene rings is 1. The van der Waals surface area contributed by atoms with Gasteiger partial charge in [-0.1, -0.05) is 19.3 Å². The Balaban J connectivity index is 1.61. The Morgan fingerprint density at radius 1 is 1.29 bits per heavy atom. The molecule has 2 aliphatic rings. The molecule has 1 aliphatic heterocycles. The van der Waals surface area contributed by atoms with E-state index in [1.54, 1.807) is 6.21 Å². The quantitative estimate of drug-likeness (QED) is 0.671. The number of amides is 1. The predicted octanol–water partition coefficient (Wildman–Crippen LogP) is 3.21. The van der Waals surface area contributed by atoms with Crippen molar-refractivity contribution in [2.24, 2.45) is 11.0 Å². The lowest BCUT2D eigenvalue weighted by molar-refractivity contribution is -0.125. The van der Waals surface area contributed by atoms with Gasteiger partial charge in [0.1, 0.15) is 0 Å².